The fraction of sp³-hybridized carbons (Fsp3) is 0.273. The molecule has 1 aromatic rings. The van der Waals surface area contributed by atoms with Gasteiger partial charge in [-0.1, -0.05) is 22.0 Å². The van der Waals surface area contributed by atoms with Gasteiger partial charge in [-0.15, -0.1) is 19.0 Å². The summed E-state index contributed by atoms with van der Waals surface area (Å²) < 4.78 is 38.0. The second kappa shape index (κ2) is 6.42. The van der Waals surface area contributed by atoms with Gasteiger partial charge in [-0.25, -0.2) is 0 Å². The molecule has 0 fully saturated rings. The van der Waals surface area contributed by atoms with Crippen LogP contribution in [0, 0.1) is 0 Å². The monoisotopic (exact) mass is 329 g/mol. The Morgan fingerprint density at radius 2 is 2.00 bits per heavy atom. The Balaban J connectivity index is 0.00000256. The van der Waals surface area contributed by atoms with Crippen molar-refractivity contribution in [1.29, 1.82) is 0 Å². The first-order valence-corrected chi connectivity index (χ1v) is 5.38. The number of hydrogen-bond acceptors (Lipinski definition) is 1. The molecule has 0 aliphatic carbocycles. The minimum atomic E-state index is -4.34. The molecule has 0 radical (unpaired) electrons. The predicted octanol–water partition coefficient (Wildman–Crippen LogP) is 4.47. The van der Waals surface area contributed by atoms with Crippen molar-refractivity contribution in [2.24, 2.45) is 5.73 Å². The Morgan fingerprint density at radius 1 is 1.41 bits per heavy atom. The average molecular weight is 331 g/mol. The maximum absolute atomic E-state index is 12.5. The molecule has 1 aromatic carbocycles. The summed E-state index contributed by atoms with van der Waals surface area (Å²) in [5.74, 6) is 0. The van der Waals surface area contributed by atoms with Gasteiger partial charge in [0.05, 0.1) is 5.56 Å². The summed E-state index contributed by atoms with van der Waals surface area (Å²) in [4.78, 5) is 0. The quantitative estimate of drug-likeness (QED) is 0.813. The maximum atomic E-state index is 12.5. The highest BCUT2D eigenvalue weighted by atomic mass is 79.9. The van der Waals surface area contributed by atoms with Crippen molar-refractivity contribution in [3.63, 3.8) is 0 Å². The molecule has 0 aliphatic heterocycles. The lowest BCUT2D eigenvalue weighted by Gasteiger charge is -2.15. The molecule has 0 heterocycles. The van der Waals surface area contributed by atoms with E-state index in [4.69, 9.17) is 5.73 Å². The summed E-state index contributed by atoms with van der Waals surface area (Å²) in [5.41, 5.74) is 5.50. The third kappa shape index (κ3) is 4.33. The van der Waals surface area contributed by atoms with Gasteiger partial charge in [-0.05, 0) is 30.2 Å². The third-order valence-electron chi connectivity index (χ3n) is 2.14. The zero-order valence-corrected chi connectivity index (χ0v) is 11.2. The topological polar surface area (TPSA) is 26.0 Å². The smallest absolute Gasteiger partial charge is 0.324 e. The minimum Gasteiger partial charge on any atom is -0.324 e. The summed E-state index contributed by atoms with van der Waals surface area (Å²) in [6, 6.07) is 2.97. The number of hydrogen-bond donors (Lipinski definition) is 1. The fourth-order valence-electron chi connectivity index (χ4n) is 1.31. The van der Waals surface area contributed by atoms with Crippen molar-refractivity contribution >= 4 is 28.3 Å². The number of rotatable bonds is 3. The van der Waals surface area contributed by atoms with Crippen LogP contribution in [0.5, 0.6) is 0 Å². The minimum absolute atomic E-state index is 0. The fourth-order valence-corrected chi connectivity index (χ4v) is 1.85. The van der Waals surface area contributed by atoms with Crippen molar-refractivity contribution in [3.05, 3.63) is 46.5 Å². The summed E-state index contributed by atoms with van der Waals surface area (Å²) in [5, 5.41) is 0. The molecule has 0 unspecified atom stereocenters. The second-order valence-electron chi connectivity index (χ2n) is 3.36. The summed E-state index contributed by atoms with van der Waals surface area (Å²) in [6.45, 7) is 3.51. The van der Waals surface area contributed by atoms with Gasteiger partial charge >= 0.3 is 6.18 Å². The molecule has 1 nitrogen and oxygen atoms in total. The molecule has 0 saturated carbocycles. The lowest BCUT2D eigenvalue weighted by molar-refractivity contribution is -0.137. The molecule has 0 spiro atoms. The predicted molar refractivity (Wildman–Crippen MR) is 68.1 cm³/mol. The average Bonchev–Trinajstić information content (AvgIpc) is 2.16. The van der Waals surface area contributed by atoms with E-state index in [1.807, 2.05) is 0 Å². The molecule has 1 rings (SSSR count). The van der Waals surface area contributed by atoms with E-state index in [0.717, 1.165) is 12.1 Å². The molecule has 1 atom stereocenters. The van der Waals surface area contributed by atoms with Gasteiger partial charge in [0, 0.05) is 10.5 Å². The Labute approximate surface area is 112 Å². The molecule has 17 heavy (non-hydrogen) atoms. The van der Waals surface area contributed by atoms with Gasteiger partial charge in [0.2, 0.25) is 0 Å². The lowest BCUT2D eigenvalue weighted by Crippen LogP contribution is -2.12. The van der Waals surface area contributed by atoms with Crippen molar-refractivity contribution in [2.75, 3.05) is 0 Å². The van der Waals surface area contributed by atoms with Crippen LogP contribution in [-0.4, -0.2) is 0 Å². The van der Waals surface area contributed by atoms with Crippen LogP contribution in [0.3, 0.4) is 0 Å². The molecule has 0 saturated heterocycles. The van der Waals surface area contributed by atoms with E-state index in [2.05, 4.69) is 22.5 Å². The molecule has 96 valence electrons. The molecule has 0 bridgehead atoms. The molecule has 2 N–H and O–H groups in total. The first-order valence-electron chi connectivity index (χ1n) is 4.59. The zero-order valence-electron chi connectivity index (χ0n) is 8.80. The molecule has 0 aliphatic rings. The van der Waals surface area contributed by atoms with E-state index in [-0.39, 0.29) is 12.4 Å². The highest BCUT2D eigenvalue weighted by Gasteiger charge is 2.31. The van der Waals surface area contributed by atoms with E-state index in [9.17, 15) is 13.2 Å². The van der Waals surface area contributed by atoms with Crippen LogP contribution >= 0.6 is 28.3 Å². The summed E-state index contributed by atoms with van der Waals surface area (Å²) >= 11 is 3.19. The normalized spacial score (nSPS) is 12.8. The van der Waals surface area contributed by atoms with Gasteiger partial charge in [0.1, 0.15) is 0 Å². The molecular weight excluding hydrogens is 318 g/mol. The maximum Gasteiger partial charge on any atom is 0.416 e. The van der Waals surface area contributed by atoms with E-state index < -0.39 is 17.8 Å². The van der Waals surface area contributed by atoms with Gasteiger partial charge in [0.25, 0.3) is 0 Å². The Bertz CT molecular complexity index is 393. The number of nitrogens with two attached hydrogens (primary N) is 1. The molecule has 0 aromatic heterocycles. The van der Waals surface area contributed by atoms with Crippen LogP contribution in [0.15, 0.2) is 35.3 Å². The SMILES string of the molecule is C=CC[C@H](N)c1cc(C(F)(F)F)ccc1Br.Cl. The van der Waals surface area contributed by atoms with Crippen LogP contribution in [0.25, 0.3) is 0 Å². The van der Waals surface area contributed by atoms with E-state index in [1.54, 1.807) is 6.08 Å². The zero-order chi connectivity index (χ0) is 12.3. The van der Waals surface area contributed by atoms with Crippen LogP contribution in [0.2, 0.25) is 0 Å². The number of alkyl halides is 3. The Morgan fingerprint density at radius 3 is 2.47 bits per heavy atom. The van der Waals surface area contributed by atoms with Crippen molar-refractivity contribution in [1.82, 2.24) is 0 Å². The first kappa shape index (κ1) is 16.5. The van der Waals surface area contributed by atoms with Crippen LogP contribution < -0.4 is 5.73 Å². The van der Waals surface area contributed by atoms with Crippen LogP contribution in [0.4, 0.5) is 13.2 Å². The standard InChI is InChI=1S/C11H11BrF3N.ClH/c1-2-3-10(16)8-6-7(11(13,14)15)4-5-9(8)12;/h2,4-6,10H,1,3,16H2;1H/t10-;/m0./s1. The Hall–Kier alpha value is -0.520. The van der Waals surface area contributed by atoms with Gasteiger partial charge < -0.3 is 5.73 Å². The number of halogens is 5. The molecule has 6 heteroatoms. The van der Waals surface area contributed by atoms with Crippen molar-refractivity contribution < 1.29 is 13.2 Å². The Kier molecular flexibility index (Phi) is 6.23. The van der Waals surface area contributed by atoms with E-state index in [0.29, 0.717) is 16.5 Å². The number of benzene rings is 1. The third-order valence-corrected chi connectivity index (χ3v) is 2.87. The second-order valence-corrected chi connectivity index (χ2v) is 4.22. The lowest BCUT2D eigenvalue weighted by atomic mass is 10.0. The van der Waals surface area contributed by atoms with Crippen molar-refractivity contribution in [3.8, 4) is 0 Å². The summed E-state index contributed by atoms with van der Waals surface area (Å²) in [6.07, 6.45) is -2.33. The molecular formula is C11H12BrClF3N. The van der Waals surface area contributed by atoms with E-state index in [1.165, 1.54) is 6.07 Å². The van der Waals surface area contributed by atoms with Crippen LogP contribution in [-0.2, 0) is 6.18 Å². The molecule has 0 amide bonds. The van der Waals surface area contributed by atoms with E-state index >= 15 is 0 Å². The summed E-state index contributed by atoms with van der Waals surface area (Å²) in [7, 11) is 0. The van der Waals surface area contributed by atoms with Gasteiger partial charge in [-0.2, -0.15) is 13.2 Å². The first-order chi connectivity index (χ1) is 7.36. The van der Waals surface area contributed by atoms with Crippen molar-refractivity contribution in [2.45, 2.75) is 18.6 Å². The van der Waals surface area contributed by atoms with Crippen LogP contribution in [0.1, 0.15) is 23.6 Å². The van der Waals surface area contributed by atoms with Gasteiger partial charge in [0.15, 0.2) is 0 Å². The largest absolute Gasteiger partial charge is 0.416 e. The highest BCUT2D eigenvalue weighted by Crippen LogP contribution is 2.34. The van der Waals surface area contributed by atoms with Gasteiger partial charge in [-0.3, -0.25) is 0 Å². The highest BCUT2D eigenvalue weighted by molar-refractivity contribution is 9.10.